The Kier molecular flexibility index (Phi) is 3.66. The van der Waals surface area contributed by atoms with E-state index >= 15 is 0 Å². The zero-order valence-corrected chi connectivity index (χ0v) is 15.0. The predicted molar refractivity (Wildman–Crippen MR) is 108 cm³/mol. The van der Waals surface area contributed by atoms with Crippen LogP contribution in [0.2, 0.25) is 0 Å². The summed E-state index contributed by atoms with van der Waals surface area (Å²) in [5, 5.41) is 21.8. The van der Waals surface area contributed by atoms with E-state index in [1.165, 1.54) is 4.52 Å². The maximum Gasteiger partial charge on any atom is 0.273 e. The van der Waals surface area contributed by atoms with Crippen molar-refractivity contribution in [3.05, 3.63) is 66.4 Å². The van der Waals surface area contributed by atoms with Gasteiger partial charge >= 0.3 is 0 Å². The van der Waals surface area contributed by atoms with Crippen molar-refractivity contribution in [1.82, 2.24) is 30.0 Å². The molecule has 0 aliphatic rings. The molecule has 9 nitrogen and oxygen atoms in total. The van der Waals surface area contributed by atoms with Crippen molar-refractivity contribution in [2.24, 2.45) is 5.73 Å². The molecular weight excluding hydrogens is 368 g/mol. The average molecular weight is 382 g/mol. The van der Waals surface area contributed by atoms with Crippen molar-refractivity contribution in [3.8, 4) is 22.4 Å². The van der Waals surface area contributed by atoms with E-state index in [4.69, 9.17) is 11.5 Å². The second-order valence-corrected chi connectivity index (χ2v) is 6.39. The number of aromatic nitrogens is 6. The summed E-state index contributed by atoms with van der Waals surface area (Å²) in [6, 6.07) is 19.5. The highest BCUT2D eigenvalue weighted by Gasteiger charge is 2.23. The quantitative estimate of drug-likeness (QED) is 0.487. The molecule has 3 aromatic heterocycles. The summed E-state index contributed by atoms with van der Waals surface area (Å²) in [5.41, 5.74) is 15.3. The van der Waals surface area contributed by atoms with Gasteiger partial charge in [0, 0.05) is 11.1 Å². The van der Waals surface area contributed by atoms with Gasteiger partial charge in [-0.1, -0.05) is 60.7 Å². The number of carbonyl (C=O) groups is 1. The number of anilines is 1. The van der Waals surface area contributed by atoms with Gasteiger partial charge in [-0.3, -0.25) is 4.79 Å². The molecule has 0 bridgehead atoms. The lowest BCUT2D eigenvalue weighted by Gasteiger charge is -2.09. The van der Waals surface area contributed by atoms with Crippen LogP contribution in [-0.2, 0) is 0 Å². The van der Waals surface area contributed by atoms with Crippen LogP contribution in [0.25, 0.3) is 39.1 Å². The van der Waals surface area contributed by atoms with Crippen LogP contribution in [-0.4, -0.2) is 35.9 Å². The number of nitrogens with two attached hydrogens (primary N) is 2. The molecule has 0 unspecified atom stereocenters. The largest absolute Gasteiger partial charge is 0.382 e. The summed E-state index contributed by atoms with van der Waals surface area (Å²) in [7, 11) is 0. The zero-order valence-electron chi connectivity index (χ0n) is 15.0. The van der Waals surface area contributed by atoms with Crippen LogP contribution in [0.1, 0.15) is 10.5 Å². The van der Waals surface area contributed by atoms with Crippen molar-refractivity contribution in [2.75, 3.05) is 5.73 Å². The molecule has 0 aliphatic heterocycles. The van der Waals surface area contributed by atoms with Gasteiger partial charge in [0.05, 0.1) is 5.39 Å². The molecule has 9 heteroatoms. The Bertz CT molecular complexity index is 1380. The van der Waals surface area contributed by atoms with Gasteiger partial charge in [-0.25, -0.2) is 0 Å². The number of nitrogens with zero attached hydrogens (tertiary/aromatic N) is 6. The maximum atomic E-state index is 11.6. The molecular formula is C20H14N8O. The van der Waals surface area contributed by atoms with Gasteiger partial charge in [-0.05, 0) is 5.56 Å². The Hall–Kier alpha value is -4.40. The van der Waals surface area contributed by atoms with Gasteiger partial charge in [0.2, 0.25) is 5.65 Å². The van der Waals surface area contributed by atoms with E-state index in [-0.39, 0.29) is 11.5 Å². The molecule has 2 aromatic carbocycles. The molecule has 0 radical (unpaired) electrons. The number of benzene rings is 2. The number of rotatable bonds is 3. The third-order valence-electron chi connectivity index (χ3n) is 4.63. The molecule has 5 aromatic rings. The SMILES string of the molecule is NC(=O)c1nnc2c3c(-c4ccccc4)c(-c4ccccc4)nnc3nn2c1N. The first-order valence-electron chi connectivity index (χ1n) is 8.77. The molecule has 0 fully saturated rings. The second kappa shape index (κ2) is 6.34. The van der Waals surface area contributed by atoms with E-state index in [0.717, 1.165) is 16.7 Å². The predicted octanol–water partition coefficient (Wildman–Crippen LogP) is 2.08. The fourth-order valence-corrected chi connectivity index (χ4v) is 3.33. The Morgan fingerprint density at radius 3 is 2.14 bits per heavy atom. The van der Waals surface area contributed by atoms with Crippen molar-refractivity contribution >= 4 is 28.4 Å². The molecule has 1 amide bonds. The van der Waals surface area contributed by atoms with Crippen LogP contribution < -0.4 is 11.5 Å². The standard InChI is InChI=1S/C20H14N8O/c21-17-16(18(22)29)24-26-20-14-13(11-7-3-1-4-8-11)15(12-9-5-2-6-10-12)23-25-19(14)27-28(17)20/h1-10H,21H2,(H2,22,29). The first-order chi connectivity index (χ1) is 14.1. The third-order valence-corrected chi connectivity index (χ3v) is 4.63. The van der Waals surface area contributed by atoms with Gasteiger partial charge in [0.25, 0.3) is 5.91 Å². The summed E-state index contributed by atoms with van der Waals surface area (Å²) in [4.78, 5) is 11.6. The van der Waals surface area contributed by atoms with Crippen LogP contribution in [0.3, 0.4) is 0 Å². The zero-order chi connectivity index (χ0) is 20.0. The first kappa shape index (κ1) is 16.8. The Morgan fingerprint density at radius 1 is 0.828 bits per heavy atom. The normalized spacial score (nSPS) is 11.2. The highest BCUT2D eigenvalue weighted by molar-refractivity contribution is 6.07. The van der Waals surface area contributed by atoms with Gasteiger partial charge in [-0.2, -0.15) is 4.52 Å². The van der Waals surface area contributed by atoms with Crippen molar-refractivity contribution in [3.63, 3.8) is 0 Å². The smallest absolute Gasteiger partial charge is 0.273 e. The fourth-order valence-electron chi connectivity index (χ4n) is 3.33. The van der Waals surface area contributed by atoms with E-state index in [9.17, 15) is 4.79 Å². The fraction of sp³-hybridized carbons (Fsp3) is 0. The van der Waals surface area contributed by atoms with E-state index in [0.29, 0.717) is 22.4 Å². The van der Waals surface area contributed by atoms with Crippen molar-refractivity contribution < 1.29 is 4.79 Å². The lowest BCUT2D eigenvalue weighted by molar-refractivity contribution is 0.0995. The number of primary amides is 1. The van der Waals surface area contributed by atoms with E-state index < -0.39 is 5.91 Å². The molecule has 0 saturated carbocycles. The van der Waals surface area contributed by atoms with Crippen molar-refractivity contribution in [2.45, 2.75) is 0 Å². The molecule has 3 heterocycles. The minimum absolute atomic E-state index is 0.000716. The highest BCUT2D eigenvalue weighted by Crippen LogP contribution is 2.37. The molecule has 4 N–H and O–H groups in total. The molecule has 0 spiro atoms. The number of carbonyl (C=O) groups excluding carboxylic acids is 1. The van der Waals surface area contributed by atoms with Crippen LogP contribution >= 0.6 is 0 Å². The van der Waals surface area contributed by atoms with Crippen LogP contribution in [0, 0.1) is 0 Å². The average Bonchev–Trinajstić information content (AvgIpc) is 3.14. The van der Waals surface area contributed by atoms with Crippen LogP contribution in [0.5, 0.6) is 0 Å². The third kappa shape index (κ3) is 2.56. The topological polar surface area (TPSA) is 138 Å². The minimum Gasteiger partial charge on any atom is -0.382 e. The van der Waals surface area contributed by atoms with Gasteiger partial charge in [-0.15, -0.1) is 25.5 Å². The Morgan fingerprint density at radius 2 is 1.48 bits per heavy atom. The Labute approximate surface area is 164 Å². The van der Waals surface area contributed by atoms with Crippen LogP contribution in [0.15, 0.2) is 60.7 Å². The van der Waals surface area contributed by atoms with Gasteiger partial charge < -0.3 is 11.5 Å². The lowest BCUT2D eigenvalue weighted by Crippen LogP contribution is -2.19. The van der Waals surface area contributed by atoms with Crippen molar-refractivity contribution in [1.29, 1.82) is 0 Å². The van der Waals surface area contributed by atoms with Gasteiger partial charge in [0.15, 0.2) is 17.2 Å². The summed E-state index contributed by atoms with van der Waals surface area (Å²) >= 11 is 0. The minimum atomic E-state index is -0.782. The molecule has 29 heavy (non-hydrogen) atoms. The summed E-state index contributed by atoms with van der Waals surface area (Å²) < 4.78 is 1.33. The number of amides is 1. The lowest BCUT2D eigenvalue weighted by atomic mass is 9.97. The molecule has 0 saturated heterocycles. The van der Waals surface area contributed by atoms with E-state index in [2.05, 4.69) is 25.5 Å². The molecule has 5 rings (SSSR count). The maximum absolute atomic E-state index is 11.6. The first-order valence-corrected chi connectivity index (χ1v) is 8.77. The number of nitrogen functional groups attached to an aromatic ring is 1. The number of fused-ring (bicyclic) bond motifs is 3. The number of hydrogen-bond donors (Lipinski definition) is 2. The van der Waals surface area contributed by atoms with Gasteiger partial charge in [0.1, 0.15) is 5.69 Å². The number of hydrogen-bond acceptors (Lipinski definition) is 7. The summed E-state index contributed by atoms with van der Waals surface area (Å²) in [6.07, 6.45) is 0. The van der Waals surface area contributed by atoms with Crippen LogP contribution in [0.4, 0.5) is 5.82 Å². The second-order valence-electron chi connectivity index (χ2n) is 6.39. The molecule has 0 aliphatic carbocycles. The van der Waals surface area contributed by atoms with E-state index in [1.54, 1.807) is 0 Å². The molecule has 0 atom stereocenters. The highest BCUT2D eigenvalue weighted by atomic mass is 16.1. The monoisotopic (exact) mass is 382 g/mol. The summed E-state index contributed by atoms with van der Waals surface area (Å²) in [5.74, 6) is -0.781. The molecule has 140 valence electrons. The van der Waals surface area contributed by atoms with E-state index in [1.807, 2.05) is 60.7 Å². The Balaban J connectivity index is 1.94. The summed E-state index contributed by atoms with van der Waals surface area (Å²) in [6.45, 7) is 0.